The van der Waals surface area contributed by atoms with Gasteiger partial charge in [-0.3, -0.25) is 4.79 Å². The summed E-state index contributed by atoms with van der Waals surface area (Å²) in [6.45, 7) is 2.08. The van der Waals surface area contributed by atoms with Gasteiger partial charge in [0.25, 0.3) is 0 Å². The molecule has 0 rings (SSSR count). The van der Waals surface area contributed by atoms with E-state index in [0.717, 1.165) is 12.8 Å². The number of unbranched alkanes of at least 4 members (excludes halogenated alkanes) is 12. The molecule has 0 heterocycles. The maximum atomic E-state index is 10.6. The third-order valence-electron chi connectivity index (χ3n) is 3.98. The first-order valence-electron chi connectivity index (χ1n) is 8.95. The van der Waals surface area contributed by atoms with Crippen molar-refractivity contribution in [3.05, 3.63) is 0 Å². The highest BCUT2D eigenvalue weighted by atomic mass is 35.5. The van der Waals surface area contributed by atoms with Gasteiger partial charge in [-0.2, -0.15) is 0 Å². The topological polar surface area (TPSA) is 17.1 Å². The quantitative estimate of drug-likeness (QED) is 0.165. The van der Waals surface area contributed by atoms with E-state index in [1.807, 2.05) is 0 Å². The van der Waals surface area contributed by atoms with Crippen molar-refractivity contribution in [2.24, 2.45) is 0 Å². The van der Waals surface area contributed by atoms with Crippen molar-refractivity contribution in [3.8, 4) is 0 Å². The van der Waals surface area contributed by atoms with E-state index in [4.69, 9.17) is 23.2 Å². The Morgan fingerprint density at radius 2 is 1.05 bits per heavy atom. The van der Waals surface area contributed by atoms with Crippen LogP contribution in [0.3, 0.4) is 0 Å². The summed E-state index contributed by atoms with van der Waals surface area (Å²) in [6.07, 6.45) is 18.7. The molecule has 0 saturated carbocycles. The van der Waals surface area contributed by atoms with Crippen molar-refractivity contribution < 1.29 is 4.79 Å². The third kappa shape index (κ3) is 20.2. The van der Waals surface area contributed by atoms with Gasteiger partial charge in [0.1, 0.15) is 0 Å². The molecule has 1 nitrogen and oxygen atoms in total. The molecule has 0 fully saturated rings. The number of hydrogen-bond donors (Lipinski definition) is 0. The van der Waals surface area contributed by atoms with Crippen molar-refractivity contribution in [2.45, 2.75) is 109 Å². The molecule has 0 saturated heterocycles. The molecule has 0 aliphatic carbocycles. The second-order valence-corrected chi connectivity index (χ2v) is 7.44. The Hall–Kier alpha value is 0.250. The monoisotopic (exact) mass is 336 g/mol. The first kappa shape index (κ1) is 21.2. The Bertz CT molecular complexity index is 229. The van der Waals surface area contributed by atoms with Crippen LogP contribution in [0.2, 0.25) is 0 Å². The summed E-state index contributed by atoms with van der Waals surface area (Å²) in [5.41, 5.74) is 0. The van der Waals surface area contributed by atoms with Crippen molar-refractivity contribution in [1.82, 2.24) is 0 Å². The molecule has 1 atom stereocenters. The van der Waals surface area contributed by atoms with Crippen LogP contribution >= 0.6 is 23.2 Å². The number of carbonyl (C=O) groups excluding carboxylic acids is 1. The summed E-state index contributed by atoms with van der Waals surface area (Å²) in [5.74, 6) is 0. The van der Waals surface area contributed by atoms with E-state index < -0.39 is 0 Å². The molecule has 0 amide bonds. The van der Waals surface area contributed by atoms with Crippen LogP contribution in [0.15, 0.2) is 0 Å². The van der Waals surface area contributed by atoms with Gasteiger partial charge in [-0.05, 0) is 31.4 Å². The maximum Gasteiger partial charge on any atom is 0.221 e. The lowest BCUT2D eigenvalue weighted by molar-refractivity contribution is -0.111. The number of rotatable bonds is 16. The summed E-state index contributed by atoms with van der Waals surface area (Å²) >= 11 is 11.2. The summed E-state index contributed by atoms with van der Waals surface area (Å²) in [7, 11) is 0. The fourth-order valence-corrected chi connectivity index (χ4v) is 2.92. The number of carbonyl (C=O) groups is 1. The molecule has 0 N–H and O–H groups in total. The van der Waals surface area contributed by atoms with Crippen LogP contribution in [-0.2, 0) is 4.79 Å². The van der Waals surface area contributed by atoms with Crippen LogP contribution in [0.1, 0.15) is 103 Å². The van der Waals surface area contributed by atoms with E-state index in [0.29, 0.717) is 11.8 Å². The first-order chi connectivity index (χ1) is 10.1. The predicted molar refractivity (Wildman–Crippen MR) is 95.4 cm³/mol. The van der Waals surface area contributed by atoms with Crippen LogP contribution in [0, 0.1) is 0 Å². The fraction of sp³-hybridized carbons (Fsp3) is 0.944. The molecule has 21 heavy (non-hydrogen) atoms. The maximum absolute atomic E-state index is 10.6. The fourth-order valence-electron chi connectivity index (χ4n) is 2.63. The van der Waals surface area contributed by atoms with Crippen molar-refractivity contribution in [3.63, 3.8) is 0 Å². The summed E-state index contributed by atoms with van der Waals surface area (Å²) in [4.78, 5) is 10.6. The zero-order valence-corrected chi connectivity index (χ0v) is 15.4. The average Bonchev–Trinajstić information content (AvgIpc) is 2.42. The largest absolute Gasteiger partial charge is 0.281 e. The molecular weight excluding hydrogens is 303 g/mol. The number of alkyl halides is 1. The average molecular weight is 337 g/mol. The highest BCUT2D eigenvalue weighted by molar-refractivity contribution is 6.63. The Kier molecular flexibility index (Phi) is 16.8. The van der Waals surface area contributed by atoms with Gasteiger partial charge in [0, 0.05) is 11.8 Å². The zero-order chi connectivity index (χ0) is 15.8. The van der Waals surface area contributed by atoms with Crippen molar-refractivity contribution in [2.75, 3.05) is 0 Å². The molecule has 0 aromatic heterocycles. The summed E-state index contributed by atoms with van der Waals surface area (Å²) in [6, 6.07) is 0. The van der Waals surface area contributed by atoms with E-state index in [-0.39, 0.29) is 5.24 Å². The van der Waals surface area contributed by atoms with Gasteiger partial charge in [-0.15, -0.1) is 11.6 Å². The zero-order valence-electron chi connectivity index (χ0n) is 13.8. The highest BCUT2D eigenvalue weighted by Gasteiger charge is 1.97. The van der Waals surface area contributed by atoms with E-state index >= 15 is 0 Å². The summed E-state index contributed by atoms with van der Waals surface area (Å²) < 4.78 is 0. The Morgan fingerprint density at radius 3 is 1.38 bits per heavy atom. The normalized spacial score (nSPS) is 12.5. The molecule has 126 valence electrons. The minimum Gasteiger partial charge on any atom is -0.281 e. The van der Waals surface area contributed by atoms with E-state index in [2.05, 4.69) is 6.92 Å². The molecule has 0 radical (unpaired) electrons. The van der Waals surface area contributed by atoms with Gasteiger partial charge >= 0.3 is 0 Å². The number of halogens is 2. The molecule has 0 bridgehead atoms. The second kappa shape index (κ2) is 16.6. The van der Waals surface area contributed by atoms with Gasteiger partial charge in [-0.25, -0.2) is 0 Å². The van der Waals surface area contributed by atoms with Crippen LogP contribution in [0.25, 0.3) is 0 Å². The Labute approximate surface area is 142 Å². The lowest BCUT2D eigenvalue weighted by Crippen LogP contribution is -1.90. The molecule has 1 unspecified atom stereocenters. The lowest BCUT2D eigenvalue weighted by atomic mass is 10.0. The predicted octanol–water partition coefficient (Wildman–Crippen LogP) is 7.23. The minimum absolute atomic E-state index is 0.188. The molecule has 0 aliphatic heterocycles. The van der Waals surface area contributed by atoms with Gasteiger partial charge in [0.05, 0.1) is 0 Å². The van der Waals surface area contributed by atoms with Gasteiger partial charge in [0.15, 0.2) is 0 Å². The van der Waals surface area contributed by atoms with E-state index in [1.165, 1.54) is 77.0 Å². The first-order valence-corrected chi connectivity index (χ1v) is 9.76. The van der Waals surface area contributed by atoms with E-state index in [1.54, 1.807) is 0 Å². The van der Waals surface area contributed by atoms with Gasteiger partial charge < -0.3 is 0 Å². The van der Waals surface area contributed by atoms with Crippen LogP contribution in [0.5, 0.6) is 0 Å². The molecular formula is C18H34Cl2O. The second-order valence-electron chi connectivity index (χ2n) is 6.27. The Balaban J connectivity index is 2.98. The lowest BCUT2D eigenvalue weighted by Gasteiger charge is -2.04. The molecule has 0 aliphatic rings. The van der Waals surface area contributed by atoms with Crippen molar-refractivity contribution in [1.29, 1.82) is 0 Å². The highest BCUT2D eigenvalue weighted by Crippen LogP contribution is 2.14. The molecule has 0 aromatic carbocycles. The molecule has 0 aromatic rings. The van der Waals surface area contributed by atoms with Gasteiger partial charge in [0.2, 0.25) is 5.24 Å². The van der Waals surface area contributed by atoms with Crippen LogP contribution in [0.4, 0.5) is 0 Å². The molecule has 0 spiro atoms. The SMILES string of the molecule is CC(Cl)CCCCCCCCCCCCCCCC(=O)Cl. The number of hydrogen-bond acceptors (Lipinski definition) is 1. The minimum atomic E-state index is -0.188. The van der Waals surface area contributed by atoms with Crippen molar-refractivity contribution >= 4 is 28.4 Å². The van der Waals surface area contributed by atoms with Crippen LogP contribution in [-0.4, -0.2) is 10.6 Å². The van der Waals surface area contributed by atoms with Crippen LogP contribution < -0.4 is 0 Å². The molecule has 3 heteroatoms. The van der Waals surface area contributed by atoms with Gasteiger partial charge in [-0.1, -0.05) is 77.0 Å². The standard InChI is InChI=1S/C18H34Cl2O/c1-17(19)15-13-11-9-7-5-3-2-4-6-8-10-12-14-16-18(20)21/h17H,2-16H2,1H3. The third-order valence-corrected chi connectivity index (χ3v) is 4.38. The Morgan fingerprint density at radius 1 is 0.714 bits per heavy atom. The van der Waals surface area contributed by atoms with E-state index in [9.17, 15) is 4.79 Å². The summed E-state index contributed by atoms with van der Waals surface area (Å²) in [5, 5.41) is 0.160. The smallest absolute Gasteiger partial charge is 0.221 e.